The fraction of sp³-hybridized carbons (Fsp3) is 0.533. The minimum atomic E-state index is -0.607. The van der Waals surface area contributed by atoms with Crippen LogP contribution in [-0.4, -0.2) is 12.0 Å². The molecular weight excluding hydrogens is 240 g/mol. The average Bonchev–Trinajstić information content (AvgIpc) is 2.47. The zero-order valence-electron chi connectivity index (χ0n) is 11.3. The van der Waals surface area contributed by atoms with Crippen LogP contribution in [0.25, 0.3) is 0 Å². The molecule has 1 amide bonds. The molecule has 0 heterocycles. The van der Waals surface area contributed by atoms with Crippen LogP contribution in [0, 0.1) is 5.92 Å². The van der Waals surface area contributed by atoms with Gasteiger partial charge in [0.15, 0.2) is 6.10 Å². The van der Waals surface area contributed by atoms with Gasteiger partial charge in [0.05, 0.1) is 6.10 Å². The Morgan fingerprint density at radius 2 is 1.89 bits per heavy atom. The highest BCUT2D eigenvalue weighted by molar-refractivity contribution is 5.81. The van der Waals surface area contributed by atoms with Gasteiger partial charge in [-0.3, -0.25) is 10.2 Å². The summed E-state index contributed by atoms with van der Waals surface area (Å²) in [5.41, 5.74) is 3.05. The Kier molecular flexibility index (Phi) is 4.93. The van der Waals surface area contributed by atoms with Crippen molar-refractivity contribution in [2.75, 3.05) is 0 Å². The van der Waals surface area contributed by atoms with Gasteiger partial charge < -0.3 is 4.74 Å². The van der Waals surface area contributed by atoms with E-state index in [-0.39, 0.29) is 12.0 Å². The Balaban J connectivity index is 2.05. The lowest BCUT2D eigenvalue weighted by Gasteiger charge is -2.29. The van der Waals surface area contributed by atoms with Crippen LogP contribution in [-0.2, 0) is 9.53 Å². The molecule has 1 unspecified atom stereocenters. The Hall–Kier alpha value is -1.39. The van der Waals surface area contributed by atoms with Gasteiger partial charge in [0.1, 0.15) is 0 Å². The Morgan fingerprint density at radius 3 is 2.47 bits per heavy atom. The molecule has 1 aliphatic carbocycles. The molecule has 104 valence electrons. The van der Waals surface area contributed by atoms with E-state index in [0.717, 1.165) is 37.2 Å². The lowest BCUT2D eigenvalue weighted by Crippen LogP contribution is -2.38. The van der Waals surface area contributed by atoms with Crippen LogP contribution in [0.5, 0.6) is 0 Å². The molecule has 19 heavy (non-hydrogen) atoms. The maximum atomic E-state index is 11.9. The molecule has 0 radical (unpaired) electrons. The number of hydrogen-bond acceptors (Lipinski definition) is 3. The number of amides is 1. The van der Waals surface area contributed by atoms with Gasteiger partial charge >= 0.3 is 0 Å². The molecule has 4 nitrogen and oxygen atoms in total. The third-order valence-electron chi connectivity index (χ3n) is 3.77. The second-order valence-corrected chi connectivity index (χ2v) is 5.32. The second-order valence-electron chi connectivity index (χ2n) is 5.32. The molecule has 1 saturated carbocycles. The predicted molar refractivity (Wildman–Crippen MR) is 74.0 cm³/mol. The van der Waals surface area contributed by atoms with E-state index in [9.17, 15) is 4.79 Å². The number of hydrogen-bond donors (Lipinski definition) is 2. The number of benzene rings is 1. The number of hydrazine groups is 1. The largest absolute Gasteiger partial charge is 0.360 e. The lowest BCUT2D eigenvalue weighted by molar-refractivity contribution is -0.139. The molecule has 0 bridgehead atoms. The smallest absolute Gasteiger partial charge is 0.267 e. The molecule has 0 aliphatic heterocycles. The van der Waals surface area contributed by atoms with Gasteiger partial charge in [-0.1, -0.05) is 37.3 Å². The summed E-state index contributed by atoms with van der Waals surface area (Å²) < 4.78 is 5.99. The monoisotopic (exact) mass is 262 g/mol. The number of ether oxygens (including phenoxy) is 1. The Morgan fingerprint density at radius 1 is 1.26 bits per heavy atom. The van der Waals surface area contributed by atoms with Gasteiger partial charge in [-0.2, -0.15) is 0 Å². The minimum absolute atomic E-state index is 0.152. The van der Waals surface area contributed by atoms with Gasteiger partial charge in [-0.15, -0.1) is 0 Å². The molecule has 4 heteroatoms. The molecule has 0 aromatic heterocycles. The normalized spacial score (nSPS) is 24.7. The summed E-state index contributed by atoms with van der Waals surface area (Å²) >= 11 is 0. The minimum Gasteiger partial charge on any atom is -0.360 e. The lowest BCUT2D eigenvalue weighted by atomic mass is 9.89. The first-order valence-electron chi connectivity index (χ1n) is 6.91. The predicted octanol–water partition coefficient (Wildman–Crippen LogP) is 2.31. The maximum absolute atomic E-state index is 11.9. The van der Waals surface area contributed by atoms with Gasteiger partial charge in [0.2, 0.25) is 0 Å². The number of carbonyl (C=O) groups is 1. The summed E-state index contributed by atoms with van der Waals surface area (Å²) in [7, 11) is 0. The summed E-state index contributed by atoms with van der Waals surface area (Å²) in [6, 6.07) is 9.51. The summed E-state index contributed by atoms with van der Waals surface area (Å²) in [5.74, 6) is 5.73. The van der Waals surface area contributed by atoms with E-state index in [1.165, 1.54) is 0 Å². The van der Waals surface area contributed by atoms with Gasteiger partial charge in [-0.05, 0) is 37.2 Å². The highest BCUT2D eigenvalue weighted by atomic mass is 16.5. The fourth-order valence-corrected chi connectivity index (χ4v) is 2.55. The molecule has 1 aromatic carbocycles. The first kappa shape index (κ1) is 14.0. The molecule has 1 aromatic rings. The van der Waals surface area contributed by atoms with Crippen molar-refractivity contribution in [3.63, 3.8) is 0 Å². The van der Waals surface area contributed by atoms with E-state index in [2.05, 4.69) is 12.3 Å². The summed E-state index contributed by atoms with van der Waals surface area (Å²) in [5, 5.41) is 0. The van der Waals surface area contributed by atoms with Crippen LogP contribution in [0.1, 0.15) is 44.3 Å². The molecule has 3 N–H and O–H groups in total. The zero-order chi connectivity index (χ0) is 13.7. The first-order valence-corrected chi connectivity index (χ1v) is 6.91. The third kappa shape index (κ3) is 3.78. The van der Waals surface area contributed by atoms with E-state index in [1.807, 2.05) is 30.3 Å². The molecule has 0 saturated heterocycles. The van der Waals surface area contributed by atoms with E-state index in [1.54, 1.807) is 0 Å². The van der Waals surface area contributed by atoms with Crippen LogP contribution in [0.2, 0.25) is 0 Å². The molecule has 2 rings (SSSR count). The van der Waals surface area contributed by atoms with E-state index >= 15 is 0 Å². The van der Waals surface area contributed by atoms with Crippen molar-refractivity contribution < 1.29 is 9.53 Å². The third-order valence-corrected chi connectivity index (χ3v) is 3.77. The van der Waals surface area contributed by atoms with E-state index < -0.39 is 6.10 Å². The SMILES string of the molecule is CC1CCC(OC(C(=O)NN)c2ccccc2)CC1. The van der Waals surface area contributed by atoms with Crippen LogP contribution >= 0.6 is 0 Å². The highest BCUT2D eigenvalue weighted by Gasteiger charge is 2.27. The van der Waals surface area contributed by atoms with Crippen LogP contribution < -0.4 is 11.3 Å². The van der Waals surface area contributed by atoms with Crippen molar-refractivity contribution in [1.82, 2.24) is 5.43 Å². The van der Waals surface area contributed by atoms with Crippen molar-refractivity contribution in [3.05, 3.63) is 35.9 Å². The first-order chi connectivity index (χ1) is 9.20. The zero-order valence-corrected chi connectivity index (χ0v) is 11.3. The average molecular weight is 262 g/mol. The number of nitrogens with two attached hydrogens (primary N) is 1. The highest BCUT2D eigenvalue weighted by Crippen LogP contribution is 2.29. The van der Waals surface area contributed by atoms with Crippen LogP contribution in [0.4, 0.5) is 0 Å². The number of carbonyl (C=O) groups excluding carboxylic acids is 1. The van der Waals surface area contributed by atoms with Crippen molar-refractivity contribution in [1.29, 1.82) is 0 Å². The molecular formula is C15H22N2O2. The van der Waals surface area contributed by atoms with Gasteiger partial charge in [-0.25, -0.2) is 5.84 Å². The summed E-state index contributed by atoms with van der Waals surface area (Å²) in [4.78, 5) is 11.9. The Bertz CT molecular complexity index is 400. The van der Waals surface area contributed by atoms with Crippen molar-refractivity contribution in [2.45, 2.75) is 44.8 Å². The fourth-order valence-electron chi connectivity index (χ4n) is 2.55. The molecule has 1 fully saturated rings. The van der Waals surface area contributed by atoms with Gasteiger partial charge in [0.25, 0.3) is 5.91 Å². The molecule has 0 spiro atoms. The van der Waals surface area contributed by atoms with Crippen molar-refractivity contribution >= 4 is 5.91 Å². The van der Waals surface area contributed by atoms with Crippen LogP contribution in [0.15, 0.2) is 30.3 Å². The second kappa shape index (κ2) is 6.68. The topological polar surface area (TPSA) is 64.3 Å². The standard InChI is InChI=1S/C15H22N2O2/c1-11-7-9-13(10-8-11)19-14(15(18)17-16)12-5-3-2-4-6-12/h2-6,11,13-14H,7-10,16H2,1H3,(H,17,18). The van der Waals surface area contributed by atoms with Gasteiger partial charge in [0, 0.05) is 0 Å². The van der Waals surface area contributed by atoms with E-state index in [0.29, 0.717) is 0 Å². The molecule has 1 atom stereocenters. The van der Waals surface area contributed by atoms with E-state index in [4.69, 9.17) is 10.6 Å². The van der Waals surface area contributed by atoms with Crippen molar-refractivity contribution in [3.8, 4) is 0 Å². The van der Waals surface area contributed by atoms with Crippen LogP contribution in [0.3, 0.4) is 0 Å². The molecule has 1 aliphatic rings. The van der Waals surface area contributed by atoms with Crippen molar-refractivity contribution in [2.24, 2.45) is 11.8 Å². The Labute approximate surface area is 114 Å². The quantitative estimate of drug-likeness (QED) is 0.497. The number of rotatable bonds is 4. The summed E-state index contributed by atoms with van der Waals surface area (Å²) in [6.45, 7) is 2.26. The number of nitrogens with one attached hydrogen (secondary N) is 1. The maximum Gasteiger partial charge on any atom is 0.267 e. The summed E-state index contributed by atoms with van der Waals surface area (Å²) in [6.07, 6.45) is 3.90.